The molecule has 2 heteroatoms. The number of benzene rings is 2. The van der Waals surface area contributed by atoms with Crippen molar-refractivity contribution in [1.82, 2.24) is 0 Å². The molecule has 1 nitrogen and oxygen atoms in total. The Hall–Kier alpha value is -1.64. The fourth-order valence-electron chi connectivity index (χ4n) is 3.96. The molecule has 0 fully saturated rings. The summed E-state index contributed by atoms with van der Waals surface area (Å²) in [6.07, 6.45) is 6.22. The molecular formula is C20H23NSi. The first-order valence-corrected chi connectivity index (χ1v) is 11.4. The second kappa shape index (κ2) is 4.93. The van der Waals surface area contributed by atoms with E-state index < -0.39 is 8.24 Å². The van der Waals surface area contributed by atoms with Crippen LogP contribution in [-0.4, -0.2) is 8.24 Å². The van der Waals surface area contributed by atoms with Gasteiger partial charge in [-0.2, -0.15) is 0 Å². The van der Waals surface area contributed by atoms with E-state index in [1.807, 2.05) is 0 Å². The Labute approximate surface area is 134 Å². The Bertz CT molecular complexity index is 753. The monoisotopic (exact) mass is 305 g/mol. The summed E-state index contributed by atoms with van der Waals surface area (Å²) in [6, 6.07) is 15.7. The van der Waals surface area contributed by atoms with Crippen LogP contribution in [0.5, 0.6) is 0 Å². The first-order valence-electron chi connectivity index (χ1n) is 8.26. The molecule has 0 heterocycles. The van der Waals surface area contributed by atoms with Crippen LogP contribution in [0.1, 0.15) is 39.8 Å². The molecule has 2 aliphatic carbocycles. The minimum absolute atomic E-state index is 0.434. The average molecular weight is 305 g/mol. The lowest BCUT2D eigenvalue weighted by Gasteiger charge is -2.24. The highest BCUT2D eigenvalue weighted by Gasteiger charge is 2.35. The lowest BCUT2D eigenvalue weighted by molar-refractivity contribution is 0.911. The van der Waals surface area contributed by atoms with Crippen molar-refractivity contribution in [1.29, 1.82) is 0 Å². The van der Waals surface area contributed by atoms with Crippen LogP contribution >= 0.6 is 0 Å². The Morgan fingerprint density at radius 2 is 1.68 bits per heavy atom. The molecule has 0 saturated carbocycles. The van der Waals surface area contributed by atoms with Gasteiger partial charge in [0.2, 0.25) is 0 Å². The number of fused-ring (bicyclic) bond motifs is 2. The molecule has 0 saturated heterocycles. The number of rotatable bonds is 2. The first kappa shape index (κ1) is 14.0. The van der Waals surface area contributed by atoms with Crippen LogP contribution in [0.3, 0.4) is 0 Å². The van der Waals surface area contributed by atoms with Crippen molar-refractivity contribution in [2.45, 2.75) is 37.9 Å². The second-order valence-corrected chi connectivity index (χ2v) is 11.6. The van der Waals surface area contributed by atoms with Gasteiger partial charge in [-0.05, 0) is 52.7 Å². The van der Waals surface area contributed by atoms with Crippen LogP contribution in [-0.2, 0) is 12.8 Å². The van der Waals surface area contributed by atoms with E-state index in [9.17, 15) is 0 Å². The largest absolute Gasteiger partial charge is 0.350 e. The van der Waals surface area contributed by atoms with Crippen LogP contribution in [0.4, 0.5) is 0 Å². The lowest BCUT2D eigenvalue weighted by Crippen LogP contribution is -2.44. The van der Waals surface area contributed by atoms with Crippen molar-refractivity contribution in [3.63, 3.8) is 0 Å². The molecule has 0 aromatic heterocycles. The third kappa shape index (κ3) is 2.18. The van der Waals surface area contributed by atoms with Gasteiger partial charge in [0, 0.05) is 5.54 Å². The number of aryl methyl sites for hydroxylation is 2. The number of allylic oxidation sites excluding steroid dienone is 1. The summed E-state index contributed by atoms with van der Waals surface area (Å²) in [5.74, 6) is 0. The predicted octanol–water partition coefficient (Wildman–Crippen LogP) is 4.41. The van der Waals surface area contributed by atoms with Gasteiger partial charge in [-0.1, -0.05) is 61.6 Å². The Morgan fingerprint density at radius 3 is 2.36 bits per heavy atom. The van der Waals surface area contributed by atoms with Gasteiger partial charge in [-0.25, -0.2) is 0 Å². The molecule has 1 unspecified atom stereocenters. The van der Waals surface area contributed by atoms with E-state index in [1.54, 1.807) is 11.1 Å². The molecule has 22 heavy (non-hydrogen) atoms. The zero-order valence-electron chi connectivity index (χ0n) is 13.4. The van der Waals surface area contributed by atoms with Crippen LogP contribution in [0, 0.1) is 0 Å². The van der Waals surface area contributed by atoms with Crippen molar-refractivity contribution in [3.8, 4) is 0 Å². The molecule has 2 N–H and O–H groups in total. The SMILES string of the molecule is C[Si](C)(N)C1C=C(c2ccccc2)c2cc3c(cc21)CCC3. The quantitative estimate of drug-likeness (QED) is 0.817. The summed E-state index contributed by atoms with van der Waals surface area (Å²) >= 11 is 0. The summed E-state index contributed by atoms with van der Waals surface area (Å²) in [5.41, 5.74) is 9.18. The van der Waals surface area contributed by atoms with Crippen molar-refractivity contribution >= 4 is 13.8 Å². The first-order chi connectivity index (χ1) is 10.5. The maximum Gasteiger partial charge on any atom is 0.128 e. The molecule has 2 aromatic carbocycles. The van der Waals surface area contributed by atoms with Crippen LogP contribution in [0.15, 0.2) is 48.5 Å². The molecule has 0 radical (unpaired) electrons. The predicted molar refractivity (Wildman–Crippen MR) is 96.4 cm³/mol. The van der Waals surface area contributed by atoms with E-state index in [0.29, 0.717) is 5.54 Å². The van der Waals surface area contributed by atoms with Gasteiger partial charge in [-0.15, -0.1) is 0 Å². The Balaban J connectivity index is 1.91. The fraction of sp³-hybridized carbons (Fsp3) is 0.300. The van der Waals surface area contributed by atoms with Gasteiger partial charge in [0.05, 0.1) is 0 Å². The normalized spacial score (nSPS) is 19.8. The maximum atomic E-state index is 6.64. The third-order valence-corrected chi connectivity index (χ3v) is 7.19. The van der Waals surface area contributed by atoms with Crippen molar-refractivity contribution in [3.05, 3.63) is 76.4 Å². The summed E-state index contributed by atoms with van der Waals surface area (Å²) in [4.78, 5) is 0. The van der Waals surface area contributed by atoms with Crippen LogP contribution < -0.4 is 5.40 Å². The second-order valence-electron chi connectivity index (χ2n) is 7.31. The maximum absolute atomic E-state index is 6.64. The zero-order valence-corrected chi connectivity index (χ0v) is 14.4. The van der Waals surface area contributed by atoms with Gasteiger partial charge in [0.1, 0.15) is 8.24 Å². The van der Waals surface area contributed by atoms with E-state index in [-0.39, 0.29) is 0 Å². The molecular weight excluding hydrogens is 282 g/mol. The Morgan fingerprint density at radius 1 is 1.00 bits per heavy atom. The van der Waals surface area contributed by atoms with Crippen molar-refractivity contribution in [2.75, 3.05) is 0 Å². The number of hydrogen-bond donors (Lipinski definition) is 1. The summed E-state index contributed by atoms with van der Waals surface area (Å²) in [5, 5.41) is 6.64. The van der Waals surface area contributed by atoms with E-state index >= 15 is 0 Å². The third-order valence-electron chi connectivity index (χ3n) is 5.11. The highest BCUT2D eigenvalue weighted by atomic mass is 28.3. The summed E-state index contributed by atoms with van der Waals surface area (Å²) < 4.78 is 0. The van der Waals surface area contributed by atoms with E-state index in [4.69, 9.17) is 5.40 Å². The topological polar surface area (TPSA) is 26.0 Å². The molecule has 2 aliphatic rings. The van der Waals surface area contributed by atoms with E-state index in [0.717, 1.165) is 0 Å². The minimum Gasteiger partial charge on any atom is -0.350 e. The van der Waals surface area contributed by atoms with E-state index in [2.05, 4.69) is 61.6 Å². The Kier molecular flexibility index (Phi) is 3.14. The zero-order chi connectivity index (χ0) is 15.3. The van der Waals surface area contributed by atoms with Crippen LogP contribution in [0.2, 0.25) is 13.1 Å². The number of hydrogen-bond acceptors (Lipinski definition) is 1. The van der Waals surface area contributed by atoms with Crippen molar-refractivity contribution < 1.29 is 0 Å². The van der Waals surface area contributed by atoms with Gasteiger partial charge >= 0.3 is 0 Å². The summed E-state index contributed by atoms with van der Waals surface area (Å²) in [7, 11) is -1.76. The summed E-state index contributed by atoms with van der Waals surface area (Å²) in [6.45, 7) is 4.55. The molecule has 4 rings (SSSR count). The number of nitrogens with two attached hydrogens (primary N) is 1. The standard InChI is InChI=1S/C20H23NSi/c1-22(2,21)20-13-17(14-7-4-3-5-8-14)18-11-15-9-6-10-16(15)12-19(18)20/h3-5,7-8,11-13,20H,6,9-10,21H2,1-2H3. The molecule has 0 amide bonds. The van der Waals surface area contributed by atoms with Gasteiger partial charge in [0.15, 0.2) is 0 Å². The van der Waals surface area contributed by atoms with Gasteiger partial charge in [-0.3, -0.25) is 0 Å². The van der Waals surface area contributed by atoms with Crippen LogP contribution in [0.25, 0.3) is 5.57 Å². The molecule has 1 atom stereocenters. The molecule has 0 bridgehead atoms. The van der Waals surface area contributed by atoms with Gasteiger partial charge in [0.25, 0.3) is 0 Å². The highest BCUT2D eigenvalue weighted by molar-refractivity contribution is 6.76. The minimum atomic E-state index is -1.76. The van der Waals surface area contributed by atoms with Crippen molar-refractivity contribution in [2.24, 2.45) is 5.40 Å². The lowest BCUT2D eigenvalue weighted by atomic mass is 9.95. The smallest absolute Gasteiger partial charge is 0.128 e. The fourth-order valence-corrected chi connectivity index (χ4v) is 5.60. The van der Waals surface area contributed by atoms with E-state index in [1.165, 1.54) is 41.5 Å². The average Bonchev–Trinajstić information content (AvgIpc) is 3.08. The molecule has 112 valence electrons. The molecule has 0 aliphatic heterocycles. The van der Waals surface area contributed by atoms with Gasteiger partial charge < -0.3 is 5.40 Å². The molecule has 2 aromatic rings. The molecule has 0 spiro atoms. The highest BCUT2D eigenvalue weighted by Crippen LogP contribution is 2.44.